The summed E-state index contributed by atoms with van der Waals surface area (Å²) in [5.41, 5.74) is 2.32. The van der Waals surface area contributed by atoms with Crippen molar-refractivity contribution in [1.29, 1.82) is 0 Å². The molecular weight excluding hydrogens is 324 g/mol. The molecule has 0 aliphatic heterocycles. The fraction of sp³-hybridized carbons (Fsp3) is 0.278. The van der Waals surface area contributed by atoms with Crippen LogP contribution in [0, 0.1) is 0 Å². The molecule has 0 spiro atoms. The molecule has 0 aliphatic rings. The number of benzene rings is 2. The molecule has 6 heteroatoms. The van der Waals surface area contributed by atoms with E-state index >= 15 is 0 Å². The van der Waals surface area contributed by atoms with Gasteiger partial charge in [-0.25, -0.2) is 8.42 Å². The Morgan fingerprint density at radius 3 is 2.00 bits per heavy atom. The molecule has 0 fully saturated rings. The summed E-state index contributed by atoms with van der Waals surface area (Å²) in [7, 11) is -2.12. The summed E-state index contributed by atoms with van der Waals surface area (Å²) in [6.45, 7) is 5.58. The van der Waals surface area contributed by atoms with E-state index in [1.807, 2.05) is 12.1 Å². The molecule has 5 nitrogen and oxygen atoms in total. The Kier molecular flexibility index (Phi) is 5.29. The smallest absolute Gasteiger partial charge is 0.264 e. The fourth-order valence-electron chi connectivity index (χ4n) is 2.28. The number of carbonyl (C=O) groups excluding carboxylic acids is 1. The van der Waals surface area contributed by atoms with Gasteiger partial charge in [-0.2, -0.15) is 0 Å². The Balaban J connectivity index is 2.26. The molecule has 0 aromatic heterocycles. The lowest BCUT2D eigenvalue weighted by Crippen LogP contribution is -2.26. The first kappa shape index (κ1) is 18.0. The van der Waals surface area contributed by atoms with Gasteiger partial charge >= 0.3 is 0 Å². The molecule has 1 N–H and O–H groups in total. The van der Waals surface area contributed by atoms with E-state index < -0.39 is 10.0 Å². The Morgan fingerprint density at radius 1 is 1.00 bits per heavy atom. The van der Waals surface area contributed by atoms with E-state index in [2.05, 4.69) is 19.2 Å². The van der Waals surface area contributed by atoms with Gasteiger partial charge < -0.3 is 5.32 Å². The topological polar surface area (TPSA) is 66.5 Å². The van der Waals surface area contributed by atoms with Gasteiger partial charge in [0.2, 0.25) is 5.91 Å². The number of amides is 1. The normalized spacial score (nSPS) is 11.4. The van der Waals surface area contributed by atoms with Gasteiger partial charge in [0.15, 0.2) is 0 Å². The van der Waals surface area contributed by atoms with E-state index in [1.165, 1.54) is 30.4 Å². The highest BCUT2D eigenvalue weighted by molar-refractivity contribution is 7.92. The van der Waals surface area contributed by atoms with Crippen molar-refractivity contribution >= 4 is 27.3 Å². The summed E-state index contributed by atoms with van der Waals surface area (Å²) >= 11 is 0. The molecule has 1 amide bonds. The molecule has 128 valence electrons. The van der Waals surface area contributed by atoms with Gasteiger partial charge in [-0.1, -0.05) is 26.0 Å². The zero-order valence-corrected chi connectivity index (χ0v) is 15.1. The maximum Gasteiger partial charge on any atom is 0.264 e. The average Bonchev–Trinajstić information content (AvgIpc) is 2.54. The van der Waals surface area contributed by atoms with Crippen LogP contribution in [0.4, 0.5) is 11.4 Å². The van der Waals surface area contributed by atoms with Crippen molar-refractivity contribution < 1.29 is 13.2 Å². The third kappa shape index (κ3) is 3.94. The third-order valence-electron chi connectivity index (χ3n) is 3.76. The largest absolute Gasteiger partial charge is 0.326 e. The van der Waals surface area contributed by atoms with Crippen LogP contribution in [-0.4, -0.2) is 21.4 Å². The van der Waals surface area contributed by atoms with Gasteiger partial charge in [0.1, 0.15) is 0 Å². The average molecular weight is 346 g/mol. The first-order valence-electron chi connectivity index (χ1n) is 7.68. The first-order chi connectivity index (χ1) is 11.2. The minimum atomic E-state index is -3.65. The third-order valence-corrected chi connectivity index (χ3v) is 5.56. The first-order valence-corrected chi connectivity index (χ1v) is 9.12. The Bertz CT molecular complexity index is 810. The fourth-order valence-corrected chi connectivity index (χ4v) is 3.48. The zero-order chi connectivity index (χ0) is 17.9. The molecule has 0 radical (unpaired) electrons. The van der Waals surface area contributed by atoms with Gasteiger partial charge in [-0.3, -0.25) is 9.10 Å². The SMILES string of the molecule is CC(=O)Nc1ccc(S(=O)(=O)N(C)c2ccc(C(C)C)cc2)cc1. The monoisotopic (exact) mass is 346 g/mol. The number of nitrogens with one attached hydrogen (secondary N) is 1. The lowest BCUT2D eigenvalue weighted by atomic mass is 10.0. The Morgan fingerprint density at radius 2 is 1.54 bits per heavy atom. The van der Waals surface area contributed by atoms with E-state index in [9.17, 15) is 13.2 Å². The van der Waals surface area contributed by atoms with Crippen LogP contribution in [0.5, 0.6) is 0 Å². The molecule has 0 aliphatic carbocycles. The van der Waals surface area contributed by atoms with Gasteiger partial charge in [-0.15, -0.1) is 0 Å². The summed E-state index contributed by atoms with van der Waals surface area (Å²) in [6, 6.07) is 13.6. The lowest BCUT2D eigenvalue weighted by molar-refractivity contribution is -0.114. The molecule has 0 atom stereocenters. The molecule has 2 aromatic carbocycles. The maximum atomic E-state index is 12.7. The summed E-state index contributed by atoms with van der Waals surface area (Å²) in [6.07, 6.45) is 0. The molecular formula is C18H22N2O3S. The van der Waals surface area contributed by atoms with Crippen LogP contribution in [0.3, 0.4) is 0 Å². The Labute approximate surface area is 143 Å². The molecule has 0 saturated carbocycles. The highest BCUT2D eigenvalue weighted by atomic mass is 32.2. The van der Waals surface area contributed by atoms with Crippen molar-refractivity contribution in [3.8, 4) is 0 Å². The summed E-state index contributed by atoms with van der Waals surface area (Å²) < 4.78 is 26.7. The van der Waals surface area contributed by atoms with Gasteiger partial charge in [0.05, 0.1) is 10.6 Å². The molecule has 0 bridgehead atoms. The molecule has 0 heterocycles. The van der Waals surface area contributed by atoms with E-state index in [0.29, 0.717) is 17.3 Å². The predicted molar refractivity (Wildman–Crippen MR) is 96.9 cm³/mol. The second kappa shape index (κ2) is 7.05. The number of hydrogen-bond donors (Lipinski definition) is 1. The summed E-state index contributed by atoms with van der Waals surface area (Å²) in [5, 5.41) is 2.61. The number of hydrogen-bond acceptors (Lipinski definition) is 3. The standard InChI is InChI=1S/C18H22N2O3S/c1-13(2)15-5-9-17(10-6-15)20(4)24(22,23)18-11-7-16(8-12-18)19-14(3)21/h5-13H,1-4H3,(H,19,21). The highest BCUT2D eigenvalue weighted by Gasteiger charge is 2.21. The Hall–Kier alpha value is -2.34. The van der Waals surface area contributed by atoms with Crippen molar-refractivity contribution in [2.24, 2.45) is 0 Å². The number of sulfonamides is 1. The van der Waals surface area contributed by atoms with Crippen molar-refractivity contribution in [1.82, 2.24) is 0 Å². The summed E-state index contributed by atoms with van der Waals surface area (Å²) in [4.78, 5) is 11.2. The van der Waals surface area contributed by atoms with Gasteiger partial charge in [-0.05, 0) is 47.9 Å². The lowest BCUT2D eigenvalue weighted by Gasteiger charge is -2.20. The van der Waals surface area contributed by atoms with Crippen molar-refractivity contribution in [2.75, 3.05) is 16.7 Å². The molecule has 2 rings (SSSR count). The number of anilines is 2. The minimum Gasteiger partial charge on any atom is -0.326 e. The number of nitrogens with zero attached hydrogens (tertiary/aromatic N) is 1. The number of rotatable bonds is 5. The predicted octanol–water partition coefficient (Wildman–Crippen LogP) is 3.59. The molecule has 0 saturated heterocycles. The van der Waals surface area contributed by atoms with Gasteiger partial charge in [0.25, 0.3) is 10.0 Å². The second-order valence-corrected chi connectivity index (χ2v) is 7.89. The van der Waals surface area contributed by atoms with E-state index in [4.69, 9.17) is 0 Å². The van der Waals surface area contributed by atoms with E-state index in [1.54, 1.807) is 24.3 Å². The molecule has 2 aromatic rings. The van der Waals surface area contributed by atoms with Crippen LogP contribution in [0.15, 0.2) is 53.4 Å². The molecule has 0 unspecified atom stereocenters. The van der Waals surface area contributed by atoms with Crippen LogP contribution in [-0.2, 0) is 14.8 Å². The van der Waals surface area contributed by atoms with Crippen LogP contribution < -0.4 is 9.62 Å². The highest BCUT2D eigenvalue weighted by Crippen LogP contribution is 2.25. The van der Waals surface area contributed by atoms with E-state index in [-0.39, 0.29) is 10.8 Å². The van der Waals surface area contributed by atoms with Crippen LogP contribution in [0.1, 0.15) is 32.3 Å². The quantitative estimate of drug-likeness (QED) is 0.899. The van der Waals surface area contributed by atoms with Crippen molar-refractivity contribution in [2.45, 2.75) is 31.6 Å². The number of carbonyl (C=O) groups is 1. The second-order valence-electron chi connectivity index (χ2n) is 5.92. The summed E-state index contributed by atoms with van der Waals surface area (Å²) in [5.74, 6) is 0.190. The van der Waals surface area contributed by atoms with Crippen molar-refractivity contribution in [3.63, 3.8) is 0 Å². The maximum absolute atomic E-state index is 12.7. The van der Waals surface area contributed by atoms with Crippen LogP contribution in [0.2, 0.25) is 0 Å². The van der Waals surface area contributed by atoms with Crippen LogP contribution in [0.25, 0.3) is 0 Å². The zero-order valence-electron chi connectivity index (χ0n) is 14.3. The van der Waals surface area contributed by atoms with Crippen LogP contribution >= 0.6 is 0 Å². The van der Waals surface area contributed by atoms with Crippen molar-refractivity contribution in [3.05, 3.63) is 54.1 Å². The molecule has 24 heavy (non-hydrogen) atoms. The van der Waals surface area contributed by atoms with E-state index in [0.717, 1.165) is 5.56 Å². The van der Waals surface area contributed by atoms with Gasteiger partial charge in [0, 0.05) is 19.7 Å². The minimum absolute atomic E-state index is 0.173.